The van der Waals surface area contributed by atoms with E-state index in [0.717, 1.165) is 49.7 Å². The zero-order valence-corrected chi connectivity index (χ0v) is 16.7. The molecule has 26 heavy (non-hydrogen) atoms. The first-order valence-electron chi connectivity index (χ1n) is 9.81. The lowest BCUT2D eigenvalue weighted by Gasteiger charge is -2.31. The zero-order valence-electron chi connectivity index (χ0n) is 15.8. The van der Waals surface area contributed by atoms with Crippen molar-refractivity contribution in [1.29, 1.82) is 0 Å². The van der Waals surface area contributed by atoms with Crippen LogP contribution in [-0.4, -0.2) is 5.66 Å². The Labute approximate surface area is 157 Å². The molecular weight excluding hydrogens is 343 g/mol. The minimum absolute atomic E-state index is 0.0360. The number of benzene rings is 2. The van der Waals surface area contributed by atoms with E-state index in [-0.39, 0.29) is 5.66 Å². The van der Waals surface area contributed by atoms with E-state index >= 15 is 0 Å². The SMILES string of the molecule is CCc1ccccc1OP(=O)(Oc1ccccc1CC)C1CCCCC1. The monoisotopic (exact) mass is 372 g/mol. The lowest BCUT2D eigenvalue weighted by molar-refractivity contribution is 0.347. The summed E-state index contributed by atoms with van der Waals surface area (Å²) in [6.45, 7) is 4.17. The maximum atomic E-state index is 14.0. The topological polar surface area (TPSA) is 35.5 Å². The molecule has 3 nitrogen and oxygen atoms in total. The molecule has 0 spiro atoms. The quantitative estimate of drug-likeness (QED) is 0.502. The van der Waals surface area contributed by atoms with Gasteiger partial charge in [-0.1, -0.05) is 69.5 Å². The molecule has 0 aliphatic heterocycles. The van der Waals surface area contributed by atoms with Gasteiger partial charge in [-0.05, 0) is 48.9 Å². The summed E-state index contributed by atoms with van der Waals surface area (Å²) < 4.78 is 26.4. The van der Waals surface area contributed by atoms with E-state index in [2.05, 4.69) is 13.8 Å². The molecule has 0 aromatic heterocycles. The molecule has 1 fully saturated rings. The van der Waals surface area contributed by atoms with Crippen LogP contribution in [0.1, 0.15) is 57.1 Å². The lowest BCUT2D eigenvalue weighted by atomic mass is 10.0. The van der Waals surface area contributed by atoms with E-state index in [4.69, 9.17) is 9.05 Å². The summed E-state index contributed by atoms with van der Waals surface area (Å²) in [6.07, 6.45) is 6.87. The van der Waals surface area contributed by atoms with Gasteiger partial charge in [-0.25, -0.2) is 4.57 Å². The van der Waals surface area contributed by atoms with Gasteiger partial charge in [0.25, 0.3) is 0 Å². The van der Waals surface area contributed by atoms with E-state index in [9.17, 15) is 4.57 Å². The third-order valence-electron chi connectivity index (χ3n) is 5.18. The van der Waals surface area contributed by atoms with Crippen molar-refractivity contribution in [1.82, 2.24) is 0 Å². The van der Waals surface area contributed by atoms with Gasteiger partial charge in [-0.15, -0.1) is 0 Å². The lowest BCUT2D eigenvalue weighted by Crippen LogP contribution is -2.20. The van der Waals surface area contributed by atoms with Crippen LogP contribution in [0.15, 0.2) is 48.5 Å². The Bertz CT molecular complexity index is 712. The Kier molecular flexibility index (Phi) is 6.43. The Hall–Kier alpha value is -1.73. The van der Waals surface area contributed by atoms with E-state index in [1.54, 1.807) is 0 Å². The van der Waals surface area contributed by atoms with Gasteiger partial charge in [0.05, 0.1) is 5.66 Å². The van der Waals surface area contributed by atoms with Crippen LogP contribution in [0.3, 0.4) is 0 Å². The van der Waals surface area contributed by atoms with Gasteiger partial charge in [-0.3, -0.25) is 0 Å². The Morgan fingerprint density at radius 2 is 1.27 bits per heavy atom. The minimum Gasteiger partial charge on any atom is -0.416 e. The highest BCUT2D eigenvalue weighted by molar-refractivity contribution is 7.55. The zero-order chi connectivity index (χ0) is 18.4. The van der Waals surface area contributed by atoms with Gasteiger partial charge in [0.15, 0.2) is 0 Å². The Balaban J connectivity index is 1.95. The average Bonchev–Trinajstić information content (AvgIpc) is 2.69. The first-order valence-corrected chi connectivity index (χ1v) is 11.4. The molecule has 0 unspecified atom stereocenters. The molecule has 0 N–H and O–H groups in total. The van der Waals surface area contributed by atoms with Crippen molar-refractivity contribution in [2.24, 2.45) is 0 Å². The summed E-state index contributed by atoms with van der Waals surface area (Å²) in [5.74, 6) is 1.38. The van der Waals surface area contributed by atoms with Gasteiger partial charge < -0.3 is 9.05 Å². The molecule has 1 saturated carbocycles. The Morgan fingerprint density at radius 1 is 0.808 bits per heavy atom. The Morgan fingerprint density at radius 3 is 1.73 bits per heavy atom. The van der Waals surface area contributed by atoms with Crippen LogP contribution in [0.5, 0.6) is 11.5 Å². The second-order valence-electron chi connectivity index (χ2n) is 6.94. The largest absolute Gasteiger partial charge is 0.433 e. The second kappa shape index (κ2) is 8.77. The summed E-state index contributed by atoms with van der Waals surface area (Å²) in [6, 6.07) is 15.7. The molecule has 2 aromatic carbocycles. The fourth-order valence-electron chi connectivity index (χ4n) is 3.61. The van der Waals surface area contributed by atoms with Crippen molar-refractivity contribution < 1.29 is 13.6 Å². The van der Waals surface area contributed by atoms with Gasteiger partial charge in [0.2, 0.25) is 0 Å². The predicted molar refractivity (Wildman–Crippen MR) is 107 cm³/mol. The maximum absolute atomic E-state index is 14.0. The van der Waals surface area contributed by atoms with Crippen LogP contribution < -0.4 is 9.05 Å². The summed E-state index contributed by atoms with van der Waals surface area (Å²) in [5, 5.41) is 0. The molecule has 1 aliphatic carbocycles. The van der Waals surface area contributed by atoms with Crippen LogP contribution >= 0.6 is 7.60 Å². The summed E-state index contributed by atoms with van der Waals surface area (Å²) in [7, 11) is -3.32. The summed E-state index contributed by atoms with van der Waals surface area (Å²) in [4.78, 5) is 0. The van der Waals surface area contributed by atoms with Gasteiger partial charge in [0.1, 0.15) is 11.5 Å². The molecule has 0 atom stereocenters. The average molecular weight is 372 g/mol. The van der Waals surface area contributed by atoms with Crippen molar-refractivity contribution in [2.45, 2.75) is 64.5 Å². The van der Waals surface area contributed by atoms with Gasteiger partial charge in [-0.2, -0.15) is 0 Å². The smallest absolute Gasteiger partial charge is 0.416 e. The molecule has 3 rings (SSSR count). The first-order chi connectivity index (χ1) is 12.7. The van der Waals surface area contributed by atoms with Crippen LogP contribution in [0.25, 0.3) is 0 Å². The minimum atomic E-state index is -3.32. The van der Waals surface area contributed by atoms with Crippen LogP contribution in [0, 0.1) is 0 Å². The molecule has 2 aromatic rings. The molecule has 0 bridgehead atoms. The number of para-hydroxylation sites is 2. The third kappa shape index (κ3) is 4.32. The van der Waals surface area contributed by atoms with Crippen LogP contribution in [-0.2, 0) is 17.4 Å². The van der Waals surface area contributed by atoms with Crippen LogP contribution in [0.2, 0.25) is 0 Å². The van der Waals surface area contributed by atoms with E-state index in [0.29, 0.717) is 11.5 Å². The highest BCUT2D eigenvalue weighted by Gasteiger charge is 2.40. The summed E-state index contributed by atoms with van der Waals surface area (Å²) >= 11 is 0. The fraction of sp³-hybridized carbons (Fsp3) is 0.455. The van der Waals surface area contributed by atoms with E-state index < -0.39 is 7.60 Å². The highest BCUT2D eigenvalue weighted by Crippen LogP contribution is 2.57. The molecule has 0 radical (unpaired) electrons. The molecule has 0 heterocycles. The second-order valence-corrected chi connectivity index (χ2v) is 9.11. The molecule has 140 valence electrons. The predicted octanol–water partition coefficient (Wildman–Crippen LogP) is 6.80. The maximum Gasteiger partial charge on any atom is 0.433 e. The van der Waals surface area contributed by atoms with Crippen molar-refractivity contribution in [2.75, 3.05) is 0 Å². The van der Waals surface area contributed by atoms with E-state index in [1.165, 1.54) is 6.42 Å². The van der Waals surface area contributed by atoms with E-state index in [1.807, 2.05) is 48.5 Å². The summed E-state index contributed by atoms with van der Waals surface area (Å²) in [5.41, 5.74) is 2.10. The molecular formula is C22H29O3P. The van der Waals surface area contributed by atoms with Gasteiger partial charge >= 0.3 is 7.60 Å². The van der Waals surface area contributed by atoms with Crippen molar-refractivity contribution in [3.05, 3.63) is 59.7 Å². The molecule has 0 saturated heterocycles. The standard InChI is InChI=1S/C22H29O3P/c1-3-18-12-8-10-16-21(18)24-26(23,20-14-6-5-7-15-20)25-22-17-11-9-13-19(22)4-2/h8-13,16-17,20H,3-7,14-15H2,1-2H3. The highest BCUT2D eigenvalue weighted by atomic mass is 31.2. The third-order valence-corrected chi connectivity index (χ3v) is 7.49. The number of rotatable bonds is 7. The first kappa shape index (κ1) is 19.0. The fourth-order valence-corrected chi connectivity index (χ4v) is 5.85. The van der Waals surface area contributed by atoms with Crippen molar-refractivity contribution >= 4 is 7.60 Å². The number of hydrogen-bond acceptors (Lipinski definition) is 3. The van der Waals surface area contributed by atoms with Gasteiger partial charge in [0, 0.05) is 0 Å². The molecule has 0 amide bonds. The van der Waals surface area contributed by atoms with Crippen LogP contribution in [0.4, 0.5) is 0 Å². The van der Waals surface area contributed by atoms with Crippen molar-refractivity contribution in [3.63, 3.8) is 0 Å². The molecule has 1 aliphatic rings. The van der Waals surface area contributed by atoms with Crippen molar-refractivity contribution in [3.8, 4) is 11.5 Å². The molecule has 4 heteroatoms. The normalized spacial score (nSPS) is 15.6. The number of hydrogen-bond donors (Lipinski definition) is 0. The number of aryl methyl sites for hydroxylation is 2.